The number of aromatic nitrogens is 6. The van der Waals surface area contributed by atoms with Crippen molar-refractivity contribution in [2.24, 2.45) is 0 Å². The van der Waals surface area contributed by atoms with E-state index < -0.39 is 0 Å². The molecule has 7 nitrogen and oxygen atoms in total. The van der Waals surface area contributed by atoms with E-state index in [1.54, 1.807) is 16.9 Å². The van der Waals surface area contributed by atoms with Crippen LogP contribution in [-0.2, 0) is 0 Å². The Morgan fingerprint density at radius 2 is 2.10 bits per heavy atom. The van der Waals surface area contributed by atoms with Crippen molar-refractivity contribution in [3.63, 3.8) is 0 Å². The summed E-state index contributed by atoms with van der Waals surface area (Å²) in [5.41, 5.74) is 3.05. The molecule has 0 saturated heterocycles. The van der Waals surface area contributed by atoms with Crippen LogP contribution in [0.25, 0.3) is 16.7 Å². The van der Waals surface area contributed by atoms with Crippen LogP contribution < -0.4 is 5.32 Å². The maximum atomic E-state index is 5.96. The highest BCUT2D eigenvalue weighted by atomic mass is 35.5. The molecule has 3 heterocycles. The predicted molar refractivity (Wildman–Crippen MR) is 76.5 cm³/mol. The van der Waals surface area contributed by atoms with Gasteiger partial charge in [0, 0.05) is 18.1 Å². The van der Waals surface area contributed by atoms with Crippen molar-refractivity contribution >= 4 is 51.6 Å². The van der Waals surface area contributed by atoms with E-state index in [0.29, 0.717) is 16.7 Å². The molecule has 9 heteroatoms. The first-order valence-corrected chi connectivity index (χ1v) is 6.77. The van der Waals surface area contributed by atoms with E-state index >= 15 is 0 Å². The molecule has 20 heavy (non-hydrogen) atoms. The summed E-state index contributed by atoms with van der Waals surface area (Å²) >= 11 is 7.14. The third-order valence-electron chi connectivity index (χ3n) is 2.72. The van der Waals surface area contributed by atoms with E-state index in [9.17, 15) is 0 Å². The lowest BCUT2D eigenvalue weighted by molar-refractivity contribution is 0.950. The Hall–Kier alpha value is -2.32. The lowest BCUT2D eigenvalue weighted by Gasteiger charge is -1.99. The number of hydrogen-bond donors (Lipinski definition) is 1. The van der Waals surface area contributed by atoms with Crippen LogP contribution in [0.1, 0.15) is 0 Å². The number of hydrogen-bond acceptors (Lipinski definition) is 7. The van der Waals surface area contributed by atoms with Crippen LogP contribution >= 0.6 is 23.3 Å². The zero-order valence-corrected chi connectivity index (χ0v) is 11.4. The van der Waals surface area contributed by atoms with Crippen LogP contribution in [0.4, 0.5) is 11.6 Å². The second-order valence-electron chi connectivity index (χ2n) is 4.01. The standard InChI is InChI=1S/C11H6ClN7S/c12-9-10-15-11(16-19(10)4-3-13-9)14-6-1-2-7-8(5-6)18-20-17-7/h1-5H,(H,14,16). The maximum absolute atomic E-state index is 5.96. The highest BCUT2D eigenvalue weighted by Gasteiger charge is 2.08. The van der Waals surface area contributed by atoms with E-state index in [-0.39, 0.29) is 0 Å². The summed E-state index contributed by atoms with van der Waals surface area (Å²) in [6.07, 6.45) is 3.26. The monoisotopic (exact) mass is 303 g/mol. The Balaban J connectivity index is 1.74. The zero-order valence-electron chi connectivity index (χ0n) is 9.86. The SMILES string of the molecule is Clc1nccn2nc(Nc3ccc4nsnc4c3)nc12. The molecular weight excluding hydrogens is 298 g/mol. The minimum absolute atomic E-state index is 0.312. The molecule has 0 unspecified atom stereocenters. The topological polar surface area (TPSA) is 80.9 Å². The predicted octanol–water partition coefficient (Wildman–Crippen LogP) is 2.53. The van der Waals surface area contributed by atoms with Gasteiger partial charge in [-0.05, 0) is 18.2 Å². The van der Waals surface area contributed by atoms with Crippen molar-refractivity contribution in [3.05, 3.63) is 35.7 Å². The second kappa shape index (κ2) is 4.36. The summed E-state index contributed by atoms with van der Waals surface area (Å²) < 4.78 is 9.92. The molecule has 0 aliphatic rings. The lowest BCUT2D eigenvalue weighted by Crippen LogP contribution is -1.93. The fourth-order valence-corrected chi connectivity index (χ4v) is 2.53. The molecule has 0 bridgehead atoms. The van der Waals surface area contributed by atoms with Gasteiger partial charge in [0.15, 0.2) is 10.8 Å². The van der Waals surface area contributed by atoms with E-state index in [1.807, 2.05) is 18.2 Å². The number of nitrogens with zero attached hydrogens (tertiary/aromatic N) is 6. The summed E-state index contributed by atoms with van der Waals surface area (Å²) in [6, 6.07) is 5.69. The number of anilines is 2. The van der Waals surface area contributed by atoms with Gasteiger partial charge in [-0.25, -0.2) is 9.50 Å². The molecule has 0 aliphatic carbocycles. The Morgan fingerprint density at radius 3 is 3.00 bits per heavy atom. The van der Waals surface area contributed by atoms with Gasteiger partial charge in [-0.3, -0.25) is 0 Å². The summed E-state index contributed by atoms with van der Waals surface area (Å²) in [4.78, 5) is 8.25. The fourth-order valence-electron chi connectivity index (χ4n) is 1.83. The maximum Gasteiger partial charge on any atom is 0.247 e. The van der Waals surface area contributed by atoms with Crippen molar-refractivity contribution in [1.29, 1.82) is 0 Å². The van der Waals surface area contributed by atoms with E-state index in [2.05, 4.69) is 29.1 Å². The van der Waals surface area contributed by atoms with Crippen molar-refractivity contribution in [2.45, 2.75) is 0 Å². The second-order valence-corrected chi connectivity index (χ2v) is 4.90. The number of halogens is 1. The van der Waals surface area contributed by atoms with Gasteiger partial charge < -0.3 is 5.32 Å². The van der Waals surface area contributed by atoms with Gasteiger partial charge in [0.1, 0.15) is 11.0 Å². The zero-order chi connectivity index (χ0) is 13.5. The molecule has 0 atom stereocenters. The van der Waals surface area contributed by atoms with Gasteiger partial charge in [-0.15, -0.1) is 5.10 Å². The minimum Gasteiger partial charge on any atom is -0.323 e. The molecule has 0 spiro atoms. The third kappa shape index (κ3) is 1.86. The van der Waals surface area contributed by atoms with Crippen LogP contribution in [0.2, 0.25) is 5.15 Å². The van der Waals surface area contributed by atoms with Gasteiger partial charge in [0.2, 0.25) is 5.95 Å². The van der Waals surface area contributed by atoms with Crippen LogP contribution in [0.3, 0.4) is 0 Å². The van der Waals surface area contributed by atoms with Gasteiger partial charge >= 0.3 is 0 Å². The van der Waals surface area contributed by atoms with Crippen molar-refractivity contribution in [3.8, 4) is 0 Å². The molecule has 0 saturated carbocycles. The Labute approximate surface area is 121 Å². The molecular formula is C11H6ClN7S. The molecule has 1 N–H and O–H groups in total. The Bertz CT molecular complexity index is 915. The number of benzene rings is 1. The molecule has 98 valence electrons. The largest absolute Gasteiger partial charge is 0.323 e. The first kappa shape index (κ1) is 11.5. The molecule has 0 fully saturated rings. The molecule has 4 rings (SSSR count). The van der Waals surface area contributed by atoms with E-state index in [4.69, 9.17) is 11.6 Å². The van der Waals surface area contributed by atoms with Gasteiger partial charge in [0.05, 0.1) is 11.7 Å². The Morgan fingerprint density at radius 1 is 1.20 bits per heavy atom. The highest BCUT2D eigenvalue weighted by molar-refractivity contribution is 7.00. The van der Waals surface area contributed by atoms with Crippen LogP contribution in [0.5, 0.6) is 0 Å². The van der Waals surface area contributed by atoms with E-state index in [1.165, 1.54) is 11.7 Å². The van der Waals surface area contributed by atoms with E-state index in [0.717, 1.165) is 16.7 Å². The number of rotatable bonds is 2. The summed E-state index contributed by atoms with van der Waals surface area (Å²) in [6.45, 7) is 0. The smallest absolute Gasteiger partial charge is 0.247 e. The van der Waals surface area contributed by atoms with Crippen molar-refractivity contribution in [1.82, 2.24) is 28.3 Å². The average Bonchev–Trinajstić information content (AvgIpc) is 3.05. The number of nitrogens with one attached hydrogen (secondary N) is 1. The minimum atomic E-state index is 0.312. The van der Waals surface area contributed by atoms with Crippen LogP contribution in [0, 0.1) is 0 Å². The quantitative estimate of drug-likeness (QED) is 0.613. The molecule has 1 aromatic carbocycles. The normalized spacial score (nSPS) is 11.2. The van der Waals surface area contributed by atoms with Gasteiger partial charge in [-0.2, -0.15) is 13.7 Å². The summed E-state index contributed by atoms with van der Waals surface area (Å²) in [5, 5.41) is 7.70. The third-order valence-corrected chi connectivity index (χ3v) is 3.54. The summed E-state index contributed by atoms with van der Waals surface area (Å²) in [5.74, 6) is 0.447. The molecule has 0 aliphatic heterocycles. The highest BCUT2D eigenvalue weighted by Crippen LogP contribution is 2.20. The first-order valence-electron chi connectivity index (χ1n) is 5.66. The fraction of sp³-hybridized carbons (Fsp3) is 0. The Kier molecular flexibility index (Phi) is 2.51. The number of fused-ring (bicyclic) bond motifs is 2. The van der Waals surface area contributed by atoms with Crippen LogP contribution in [0.15, 0.2) is 30.6 Å². The first-order chi connectivity index (χ1) is 9.79. The van der Waals surface area contributed by atoms with Crippen molar-refractivity contribution in [2.75, 3.05) is 5.32 Å². The van der Waals surface area contributed by atoms with Crippen molar-refractivity contribution < 1.29 is 0 Å². The molecule has 3 aromatic heterocycles. The van der Waals surface area contributed by atoms with Crippen LogP contribution in [-0.4, -0.2) is 28.3 Å². The summed E-state index contributed by atoms with van der Waals surface area (Å²) in [7, 11) is 0. The molecule has 0 radical (unpaired) electrons. The average molecular weight is 304 g/mol. The van der Waals surface area contributed by atoms with Gasteiger partial charge in [-0.1, -0.05) is 11.6 Å². The van der Waals surface area contributed by atoms with Gasteiger partial charge in [0.25, 0.3) is 0 Å². The molecule has 4 aromatic rings. The molecule has 0 amide bonds. The lowest BCUT2D eigenvalue weighted by atomic mass is 10.3.